The predicted octanol–water partition coefficient (Wildman–Crippen LogP) is 4.73. The molecular weight excluding hydrogens is 366 g/mol. The summed E-state index contributed by atoms with van der Waals surface area (Å²) < 4.78 is 13.1. The second kappa shape index (κ2) is 7.43. The topological polar surface area (TPSA) is 56.1 Å². The second-order valence-corrected chi connectivity index (χ2v) is 8.42. The molecule has 6 heteroatoms. The van der Waals surface area contributed by atoms with Crippen molar-refractivity contribution in [2.75, 3.05) is 20.2 Å². The number of amides is 1. The van der Waals surface area contributed by atoms with Gasteiger partial charge in [-0.1, -0.05) is 18.2 Å². The van der Waals surface area contributed by atoms with Gasteiger partial charge in [-0.05, 0) is 51.5 Å². The van der Waals surface area contributed by atoms with Gasteiger partial charge >= 0.3 is 6.09 Å². The molecule has 0 bridgehead atoms. The molecule has 3 heterocycles. The summed E-state index contributed by atoms with van der Waals surface area (Å²) >= 11 is 0. The molecule has 0 saturated carbocycles. The zero-order valence-electron chi connectivity index (χ0n) is 17.4. The number of hydrogen-bond acceptors (Lipinski definition) is 4. The number of ether oxygens (including phenoxy) is 2. The van der Waals surface area contributed by atoms with E-state index in [0.717, 1.165) is 34.8 Å². The van der Waals surface area contributed by atoms with Gasteiger partial charge in [0.2, 0.25) is 0 Å². The molecule has 4 rings (SSSR count). The molecular formula is C23H27N3O3. The number of aromatic nitrogens is 2. The Bertz CT molecular complexity index is 1040. The molecule has 0 unspecified atom stereocenters. The summed E-state index contributed by atoms with van der Waals surface area (Å²) in [6, 6.07) is 14.1. The van der Waals surface area contributed by atoms with Gasteiger partial charge in [0.25, 0.3) is 0 Å². The van der Waals surface area contributed by atoms with Gasteiger partial charge in [0.15, 0.2) is 0 Å². The summed E-state index contributed by atoms with van der Waals surface area (Å²) in [6.07, 6.45) is 2.65. The highest BCUT2D eigenvalue weighted by atomic mass is 16.6. The van der Waals surface area contributed by atoms with Gasteiger partial charge in [0.05, 0.1) is 18.3 Å². The first-order valence-corrected chi connectivity index (χ1v) is 9.95. The maximum atomic E-state index is 12.5. The lowest BCUT2D eigenvalue weighted by molar-refractivity contribution is 0.0292. The lowest BCUT2D eigenvalue weighted by atomic mass is 10.1. The van der Waals surface area contributed by atoms with Gasteiger partial charge in [0.1, 0.15) is 17.2 Å². The Labute approximate surface area is 171 Å². The number of carbonyl (C=O) groups excluding carboxylic acids is 1. The first-order chi connectivity index (χ1) is 13.9. The van der Waals surface area contributed by atoms with Crippen LogP contribution in [0.5, 0.6) is 5.75 Å². The van der Waals surface area contributed by atoms with Crippen LogP contribution in [0, 0.1) is 0 Å². The van der Waals surface area contributed by atoms with Crippen molar-refractivity contribution in [1.29, 1.82) is 0 Å². The molecule has 0 spiro atoms. The third-order valence-electron chi connectivity index (χ3n) is 5.12. The van der Waals surface area contributed by atoms with Crippen molar-refractivity contribution in [3.05, 3.63) is 54.5 Å². The van der Waals surface area contributed by atoms with Crippen molar-refractivity contribution >= 4 is 11.6 Å². The van der Waals surface area contributed by atoms with Crippen LogP contribution < -0.4 is 4.74 Å². The van der Waals surface area contributed by atoms with E-state index in [1.54, 1.807) is 12.0 Å². The van der Waals surface area contributed by atoms with Crippen LogP contribution in [-0.2, 0) is 4.74 Å². The SMILES string of the molecule is COc1cccc(-c2nc([C@@H]3CCN(C(=O)OC(C)(C)C)C3)n3ccccc23)c1. The lowest BCUT2D eigenvalue weighted by Gasteiger charge is -2.24. The molecule has 1 aliphatic rings. The Hall–Kier alpha value is -3.02. The Morgan fingerprint density at radius 2 is 2.00 bits per heavy atom. The van der Waals surface area contributed by atoms with Gasteiger partial charge in [-0.15, -0.1) is 0 Å². The molecule has 2 aromatic heterocycles. The largest absolute Gasteiger partial charge is 0.497 e. The van der Waals surface area contributed by atoms with Crippen LogP contribution >= 0.6 is 0 Å². The number of pyridine rings is 1. The zero-order chi connectivity index (χ0) is 20.6. The van der Waals surface area contributed by atoms with Crippen molar-refractivity contribution < 1.29 is 14.3 Å². The number of likely N-dealkylation sites (tertiary alicyclic amines) is 1. The lowest BCUT2D eigenvalue weighted by Crippen LogP contribution is -2.35. The van der Waals surface area contributed by atoms with Gasteiger partial charge in [-0.2, -0.15) is 0 Å². The standard InChI is InChI=1S/C23H27N3O3/c1-23(2,3)29-22(27)25-13-11-17(15-25)21-24-20(19-10-5-6-12-26(19)21)16-8-7-9-18(14-16)28-4/h5-10,12,14,17H,11,13,15H2,1-4H3/t17-/m1/s1. The van der Waals surface area contributed by atoms with E-state index in [2.05, 4.69) is 10.5 Å². The first kappa shape index (κ1) is 19.3. The number of rotatable bonds is 3. The minimum absolute atomic E-state index is 0.164. The maximum Gasteiger partial charge on any atom is 0.410 e. The number of carbonyl (C=O) groups is 1. The molecule has 3 aromatic rings. The molecule has 29 heavy (non-hydrogen) atoms. The first-order valence-electron chi connectivity index (χ1n) is 9.95. The fraction of sp³-hybridized carbons (Fsp3) is 0.391. The molecule has 152 valence electrons. The van der Waals surface area contributed by atoms with Crippen LogP contribution in [0.25, 0.3) is 16.8 Å². The Morgan fingerprint density at radius 1 is 1.17 bits per heavy atom. The summed E-state index contributed by atoms with van der Waals surface area (Å²) in [5.74, 6) is 1.94. The molecule has 1 aliphatic heterocycles. The van der Waals surface area contributed by atoms with Crippen LogP contribution in [0.3, 0.4) is 0 Å². The number of fused-ring (bicyclic) bond motifs is 1. The smallest absolute Gasteiger partial charge is 0.410 e. The second-order valence-electron chi connectivity index (χ2n) is 8.42. The number of imidazole rings is 1. The fourth-order valence-electron chi connectivity index (χ4n) is 3.80. The number of benzene rings is 1. The monoisotopic (exact) mass is 393 g/mol. The van der Waals surface area contributed by atoms with Gasteiger partial charge < -0.3 is 18.8 Å². The van der Waals surface area contributed by atoms with Crippen molar-refractivity contribution in [1.82, 2.24) is 14.3 Å². The maximum absolute atomic E-state index is 12.5. The highest BCUT2D eigenvalue weighted by Crippen LogP contribution is 2.33. The summed E-state index contributed by atoms with van der Waals surface area (Å²) in [7, 11) is 1.67. The van der Waals surface area contributed by atoms with Gasteiger partial charge in [-0.25, -0.2) is 9.78 Å². The summed E-state index contributed by atoms with van der Waals surface area (Å²) in [5, 5.41) is 0. The van der Waals surface area contributed by atoms with Crippen LogP contribution in [0.4, 0.5) is 4.79 Å². The van der Waals surface area contributed by atoms with Crippen LogP contribution in [0.2, 0.25) is 0 Å². The summed E-state index contributed by atoms with van der Waals surface area (Å²) in [6.45, 7) is 6.96. The molecule has 0 N–H and O–H groups in total. The van der Waals surface area contributed by atoms with Crippen molar-refractivity contribution in [3.63, 3.8) is 0 Å². The minimum Gasteiger partial charge on any atom is -0.497 e. The van der Waals surface area contributed by atoms with Crippen molar-refractivity contribution in [3.8, 4) is 17.0 Å². The highest BCUT2D eigenvalue weighted by molar-refractivity contribution is 5.78. The summed E-state index contributed by atoms with van der Waals surface area (Å²) in [5.41, 5.74) is 2.50. The van der Waals surface area contributed by atoms with E-state index in [1.165, 1.54) is 0 Å². The van der Waals surface area contributed by atoms with Crippen molar-refractivity contribution in [2.24, 2.45) is 0 Å². The molecule has 1 atom stereocenters. The number of nitrogens with zero attached hydrogens (tertiary/aromatic N) is 3. The Balaban J connectivity index is 1.66. The zero-order valence-corrected chi connectivity index (χ0v) is 17.4. The molecule has 1 amide bonds. The molecule has 1 fully saturated rings. The molecule has 1 aromatic carbocycles. The van der Waals surface area contributed by atoms with E-state index in [1.807, 2.05) is 63.4 Å². The third kappa shape index (κ3) is 3.92. The van der Waals surface area contributed by atoms with E-state index in [0.29, 0.717) is 13.1 Å². The Morgan fingerprint density at radius 3 is 2.76 bits per heavy atom. The quantitative estimate of drug-likeness (QED) is 0.645. The fourth-order valence-corrected chi connectivity index (χ4v) is 3.80. The third-order valence-corrected chi connectivity index (χ3v) is 5.12. The van der Waals surface area contributed by atoms with Crippen molar-refractivity contribution in [2.45, 2.75) is 38.7 Å². The molecule has 1 saturated heterocycles. The van der Waals surface area contributed by atoms with Gasteiger partial charge in [0, 0.05) is 30.8 Å². The normalized spacial score (nSPS) is 17.0. The molecule has 6 nitrogen and oxygen atoms in total. The van der Waals surface area contributed by atoms with Crippen LogP contribution in [0.15, 0.2) is 48.7 Å². The number of hydrogen-bond donors (Lipinski definition) is 0. The molecule has 0 radical (unpaired) electrons. The van der Waals surface area contributed by atoms with E-state index in [-0.39, 0.29) is 12.0 Å². The predicted molar refractivity (Wildman–Crippen MR) is 112 cm³/mol. The van der Waals surface area contributed by atoms with E-state index < -0.39 is 5.60 Å². The van der Waals surface area contributed by atoms with E-state index in [9.17, 15) is 4.79 Å². The average Bonchev–Trinajstić information content (AvgIpc) is 3.32. The van der Waals surface area contributed by atoms with E-state index in [4.69, 9.17) is 14.5 Å². The highest BCUT2D eigenvalue weighted by Gasteiger charge is 2.33. The molecule has 0 aliphatic carbocycles. The average molecular weight is 393 g/mol. The van der Waals surface area contributed by atoms with E-state index >= 15 is 0 Å². The minimum atomic E-state index is -0.491. The Kier molecular flexibility index (Phi) is 4.94. The van der Waals surface area contributed by atoms with Gasteiger partial charge in [-0.3, -0.25) is 0 Å². The number of methoxy groups -OCH3 is 1. The van der Waals surface area contributed by atoms with Crippen LogP contribution in [-0.4, -0.2) is 46.2 Å². The van der Waals surface area contributed by atoms with Crippen LogP contribution in [0.1, 0.15) is 38.9 Å². The summed E-state index contributed by atoms with van der Waals surface area (Å²) in [4.78, 5) is 19.3.